The lowest BCUT2D eigenvalue weighted by atomic mass is 9.48. The molecular weight excluding hydrogens is 390 g/mol. The molecule has 0 aliphatic heterocycles. The van der Waals surface area contributed by atoms with E-state index in [1.54, 1.807) is 0 Å². The smallest absolute Gasteiger partial charge is 0.340 e. The molecule has 3 fully saturated rings. The molecular formula is C22H34ClN3O3. The Morgan fingerprint density at radius 1 is 1.28 bits per heavy atom. The Morgan fingerprint density at radius 2 is 2.07 bits per heavy atom. The van der Waals surface area contributed by atoms with Gasteiger partial charge in [-0.2, -0.15) is 5.01 Å². The van der Waals surface area contributed by atoms with Gasteiger partial charge in [0.1, 0.15) is 0 Å². The average Bonchev–Trinajstić information content (AvgIpc) is 3.03. The summed E-state index contributed by atoms with van der Waals surface area (Å²) < 4.78 is 0. The quantitative estimate of drug-likeness (QED) is 0.300. The standard InChI is InChI=1S/C22H34ClN3O3/c1-21-9-7-15(27)13-14(21)3-4-16-17-5-6-19(22(17,2)10-8-18(16)21)24-20(28)26(25-29)12-11-23/h3,15-19,27H,4-13H2,1-2H3,(H,24,28)/t15-,16-,17-,18-,19-,21-,22-/m0/s1. The number of fused-ring (bicyclic) bond motifs is 5. The maximum Gasteiger partial charge on any atom is 0.340 e. The number of aliphatic hydroxyl groups is 1. The zero-order valence-corrected chi connectivity index (χ0v) is 18.3. The number of rotatable bonds is 4. The number of carbonyl (C=O) groups excluding carboxylic acids is 1. The Hall–Kier alpha value is -1.14. The van der Waals surface area contributed by atoms with E-state index in [0.29, 0.717) is 17.8 Å². The summed E-state index contributed by atoms with van der Waals surface area (Å²) in [7, 11) is 0. The average molecular weight is 424 g/mol. The molecule has 2 N–H and O–H groups in total. The van der Waals surface area contributed by atoms with E-state index in [9.17, 15) is 14.8 Å². The van der Waals surface area contributed by atoms with Crippen LogP contribution in [-0.4, -0.2) is 40.7 Å². The summed E-state index contributed by atoms with van der Waals surface area (Å²) >= 11 is 5.69. The minimum absolute atomic E-state index is 0.0578. The highest BCUT2D eigenvalue weighted by atomic mass is 35.5. The molecule has 29 heavy (non-hydrogen) atoms. The van der Waals surface area contributed by atoms with Gasteiger partial charge in [0.15, 0.2) is 0 Å². The van der Waals surface area contributed by atoms with Crippen LogP contribution in [0.1, 0.15) is 65.2 Å². The minimum Gasteiger partial charge on any atom is -0.393 e. The monoisotopic (exact) mass is 423 g/mol. The summed E-state index contributed by atoms with van der Waals surface area (Å²) in [4.78, 5) is 23.5. The first-order valence-corrected chi connectivity index (χ1v) is 11.7. The number of aliphatic hydroxyl groups excluding tert-OH is 1. The van der Waals surface area contributed by atoms with Crippen molar-refractivity contribution in [1.29, 1.82) is 0 Å². The highest BCUT2D eigenvalue weighted by Crippen LogP contribution is 2.64. The van der Waals surface area contributed by atoms with Gasteiger partial charge in [-0.05, 0) is 80.0 Å². The Bertz CT molecular complexity index is 701. The number of allylic oxidation sites excluding steroid dienone is 1. The van der Waals surface area contributed by atoms with Crippen molar-refractivity contribution in [2.75, 3.05) is 12.4 Å². The van der Waals surface area contributed by atoms with Crippen molar-refractivity contribution in [1.82, 2.24) is 10.3 Å². The molecule has 0 radical (unpaired) electrons. The van der Waals surface area contributed by atoms with E-state index in [0.717, 1.165) is 50.0 Å². The molecule has 2 amide bonds. The van der Waals surface area contributed by atoms with Crippen LogP contribution in [0.4, 0.5) is 4.79 Å². The molecule has 7 heteroatoms. The Kier molecular flexibility index (Phi) is 5.71. The number of carbonyl (C=O) groups is 1. The largest absolute Gasteiger partial charge is 0.393 e. The van der Waals surface area contributed by atoms with E-state index in [4.69, 9.17) is 11.6 Å². The van der Waals surface area contributed by atoms with E-state index in [1.807, 2.05) is 0 Å². The van der Waals surface area contributed by atoms with Gasteiger partial charge >= 0.3 is 6.03 Å². The second kappa shape index (κ2) is 7.84. The molecule has 0 aromatic rings. The molecule has 0 aromatic carbocycles. The molecule has 3 saturated carbocycles. The predicted octanol–water partition coefficient (Wildman–Crippen LogP) is 4.61. The molecule has 0 spiro atoms. The predicted molar refractivity (Wildman–Crippen MR) is 113 cm³/mol. The number of nitrogens with one attached hydrogen (secondary N) is 1. The molecule has 4 rings (SSSR count). The Balaban J connectivity index is 1.51. The van der Waals surface area contributed by atoms with E-state index in [2.05, 4.69) is 30.5 Å². The van der Waals surface area contributed by atoms with Crippen molar-refractivity contribution in [2.24, 2.45) is 33.9 Å². The molecule has 4 aliphatic carbocycles. The van der Waals surface area contributed by atoms with E-state index < -0.39 is 6.03 Å². The zero-order chi connectivity index (χ0) is 20.8. The van der Waals surface area contributed by atoms with Crippen molar-refractivity contribution in [3.8, 4) is 0 Å². The summed E-state index contributed by atoms with van der Waals surface area (Å²) in [6.45, 7) is 4.89. The number of urea groups is 1. The van der Waals surface area contributed by atoms with Crippen LogP contribution >= 0.6 is 11.6 Å². The summed E-state index contributed by atoms with van der Waals surface area (Å²) in [5.41, 5.74) is 1.77. The van der Waals surface area contributed by atoms with Crippen molar-refractivity contribution in [3.05, 3.63) is 16.6 Å². The van der Waals surface area contributed by atoms with Crippen LogP contribution < -0.4 is 5.32 Å². The lowest BCUT2D eigenvalue weighted by Crippen LogP contribution is -2.55. The third kappa shape index (κ3) is 3.40. The maximum atomic E-state index is 12.5. The van der Waals surface area contributed by atoms with Crippen LogP contribution in [0.25, 0.3) is 0 Å². The summed E-state index contributed by atoms with van der Waals surface area (Å²) in [6, 6.07) is -0.347. The molecule has 4 aliphatic rings. The SMILES string of the molecule is C[C@]12CC[C@H]3[C@@H](CC=C4C[C@@H](O)CC[C@@]43C)[C@@H]1CC[C@@H]2NC(=O)N(CCCl)N=O. The maximum absolute atomic E-state index is 12.5. The minimum atomic E-state index is -0.422. The van der Waals surface area contributed by atoms with E-state index >= 15 is 0 Å². The summed E-state index contributed by atoms with van der Waals surface area (Å²) in [6.07, 6.45) is 10.5. The van der Waals surface area contributed by atoms with Crippen LogP contribution in [0, 0.1) is 33.5 Å². The van der Waals surface area contributed by atoms with Gasteiger partial charge in [-0.15, -0.1) is 16.5 Å². The van der Waals surface area contributed by atoms with E-state index in [1.165, 1.54) is 12.0 Å². The van der Waals surface area contributed by atoms with Gasteiger partial charge in [0.2, 0.25) is 0 Å². The van der Waals surface area contributed by atoms with Gasteiger partial charge in [0.25, 0.3) is 0 Å². The van der Waals surface area contributed by atoms with Gasteiger partial charge < -0.3 is 10.4 Å². The lowest BCUT2D eigenvalue weighted by Gasteiger charge is -2.58. The molecule has 0 saturated heterocycles. The first kappa shape index (κ1) is 21.1. The highest BCUT2D eigenvalue weighted by Gasteiger charge is 2.58. The number of halogens is 1. The first-order valence-electron chi connectivity index (χ1n) is 11.2. The van der Waals surface area contributed by atoms with E-state index in [-0.39, 0.29) is 35.4 Å². The summed E-state index contributed by atoms with van der Waals surface area (Å²) in [5, 5.41) is 17.0. The molecule has 0 heterocycles. The molecule has 0 unspecified atom stereocenters. The van der Waals surface area contributed by atoms with Crippen molar-refractivity contribution in [2.45, 2.75) is 77.4 Å². The molecule has 0 bridgehead atoms. The first-order chi connectivity index (χ1) is 13.8. The highest BCUT2D eigenvalue weighted by molar-refractivity contribution is 6.18. The zero-order valence-electron chi connectivity index (χ0n) is 17.6. The van der Waals surface area contributed by atoms with Gasteiger partial charge in [-0.1, -0.05) is 25.5 Å². The topological polar surface area (TPSA) is 82.0 Å². The second-order valence-electron chi connectivity index (χ2n) is 10.2. The fourth-order valence-electron chi connectivity index (χ4n) is 7.36. The Labute approximate surface area is 178 Å². The van der Waals surface area contributed by atoms with Crippen molar-refractivity contribution >= 4 is 17.6 Å². The van der Waals surface area contributed by atoms with Gasteiger partial charge in [0, 0.05) is 11.9 Å². The number of alkyl halides is 1. The molecule has 7 atom stereocenters. The van der Waals surface area contributed by atoms with Crippen molar-refractivity contribution in [3.63, 3.8) is 0 Å². The third-order valence-electron chi connectivity index (χ3n) is 9.00. The van der Waals surface area contributed by atoms with Crippen LogP contribution in [0.15, 0.2) is 16.9 Å². The summed E-state index contributed by atoms with van der Waals surface area (Å²) in [5.74, 6) is 2.09. The molecule has 162 valence electrons. The van der Waals surface area contributed by atoms with Crippen LogP contribution in [0.2, 0.25) is 0 Å². The van der Waals surface area contributed by atoms with Crippen LogP contribution in [0.3, 0.4) is 0 Å². The number of nitroso groups, excluding NO2 is 1. The third-order valence-corrected chi connectivity index (χ3v) is 9.17. The number of hydrogen-bond acceptors (Lipinski definition) is 4. The molecule has 0 aromatic heterocycles. The van der Waals surface area contributed by atoms with Crippen LogP contribution in [0.5, 0.6) is 0 Å². The number of hydrogen-bond donors (Lipinski definition) is 2. The fraction of sp³-hybridized carbons (Fsp3) is 0.864. The van der Waals surface area contributed by atoms with Gasteiger partial charge in [0.05, 0.1) is 17.9 Å². The lowest BCUT2D eigenvalue weighted by molar-refractivity contribution is -0.0426. The Morgan fingerprint density at radius 3 is 2.79 bits per heavy atom. The van der Waals surface area contributed by atoms with Gasteiger partial charge in [-0.25, -0.2) is 4.79 Å². The number of amides is 2. The van der Waals surface area contributed by atoms with Crippen LogP contribution in [-0.2, 0) is 0 Å². The molecule has 6 nitrogen and oxygen atoms in total. The fourth-order valence-corrected chi connectivity index (χ4v) is 7.52. The second-order valence-corrected chi connectivity index (χ2v) is 10.6. The van der Waals surface area contributed by atoms with Gasteiger partial charge in [-0.3, -0.25) is 0 Å². The number of nitrogens with zero attached hydrogens (tertiary/aromatic N) is 2. The van der Waals surface area contributed by atoms with Crippen molar-refractivity contribution < 1.29 is 9.90 Å². The normalized spacial score (nSPS) is 43.4.